The smallest absolute Gasteiger partial charge is 0.421 e. The molecule has 1 saturated heterocycles. The van der Waals surface area contributed by atoms with Gasteiger partial charge in [-0.3, -0.25) is 15.1 Å². The van der Waals surface area contributed by atoms with Gasteiger partial charge < -0.3 is 14.0 Å². The zero-order valence-corrected chi connectivity index (χ0v) is 23.4. The predicted molar refractivity (Wildman–Crippen MR) is 146 cm³/mol. The minimum Gasteiger partial charge on any atom is -0.472 e. The number of nitrogens with two attached hydrogens (primary N) is 1. The molecule has 0 spiro atoms. The predicted octanol–water partition coefficient (Wildman–Crippen LogP) is 4.17. The van der Waals surface area contributed by atoms with E-state index in [1.54, 1.807) is 12.3 Å². The van der Waals surface area contributed by atoms with Crippen molar-refractivity contribution < 1.29 is 31.8 Å². The highest BCUT2D eigenvalue weighted by molar-refractivity contribution is 6.30. The standard InChI is InChI=1S/C28H26ClF4N7O3/c29-17-2-1-16(20(30)8-17)14-43-27-19(28(31,32)33)7-15-3-5-39(12-23(15)37-27)13-25-36-21-9-22(26(41)38-34)35-10-24(21)40(25)11-18-4-6-42-18/h1-2,7-10,18H,3-6,11-14,34H2,(H,38,41)/t18-/m0/s1. The molecule has 0 saturated carbocycles. The molecule has 1 amide bonds. The van der Waals surface area contributed by atoms with Crippen LogP contribution in [0.5, 0.6) is 5.88 Å². The van der Waals surface area contributed by atoms with E-state index in [0.29, 0.717) is 55.3 Å². The molecule has 43 heavy (non-hydrogen) atoms. The Morgan fingerprint density at radius 1 is 1.23 bits per heavy atom. The average molecular weight is 620 g/mol. The molecule has 0 unspecified atom stereocenters. The first-order chi connectivity index (χ1) is 20.6. The number of benzene rings is 1. The number of nitrogens with zero attached hydrogens (tertiary/aromatic N) is 5. The number of alkyl halides is 3. The van der Waals surface area contributed by atoms with E-state index in [1.807, 2.05) is 9.47 Å². The summed E-state index contributed by atoms with van der Waals surface area (Å²) >= 11 is 5.78. The van der Waals surface area contributed by atoms with Gasteiger partial charge in [-0.25, -0.2) is 25.2 Å². The van der Waals surface area contributed by atoms with E-state index in [9.17, 15) is 22.4 Å². The highest BCUT2D eigenvalue weighted by Gasteiger charge is 2.37. The molecule has 2 aliphatic heterocycles. The monoisotopic (exact) mass is 619 g/mol. The number of ether oxygens (including phenoxy) is 2. The molecule has 0 aliphatic carbocycles. The lowest BCUT2D eigenvalue weighted by Crippen LogP contribution is -2.34. The van der Waals surface area contributed by atoms with Gasteiger partial charge in [0.1, 0.15) is 29.5 Å². The summed E-state index contributed by atoms with van der Waals surface area (Å²) in [5.41, 5.74) is 3.38. The van der Waals surface area contributed by atoms with Gasteiger partial charge in [0.25, 0.3) is 5.91 Å². The molecule has 1 fully saturated rings. The molecule has 3 aromatic heterocycles. The zero-order valence-electron chi connectivity index (χ0n) is 22.6. The molecule has 1 atom stereocenters. The van der Waals surface area contributed by atoms with Crippen LogP contribution in [-0.4, -0.2) is 49.6 Å². The van der Waals surface area contributed by atoms with Gasteiger partial charge in [-0.15, -0.1) is 0 Å². The molecular formula is C28H26ClF4N7O3. The second-order valence-electron chi connectivity index (χ2n) is 10.4. The summed E-state index contributed by atoms with van der Waals surface area (Å²) in [4.78, 5) is 27.3. The highest BCUT2D eigenvalue weighted by atomic mass is 35.5. The van der Waals surface area contributed by atoms with Crippen molar-refractivity contribution in [3.63, 3.8) is 0 Å². The lowest BCUT2D eigenvalue weighted by molar-refractivity contribution is -0.139. The minimum absolute atomic E-state index is 0.0119. The van der Waals surface area contributed by atoms with Crippen molar-refractivity contribution in [1.82, 2.24) is 29.8 Å². The van der Waals surface area contributed by atoms with Gasteiger partial charge in [-0.05, 0) is 42.7 Å². The van der Waals surface area contributed by atoms with E-state index in [0.717, 1.165) is 24.1 Å². The van der Waals surface area contributed by atoms with Gasteiger partial charge in [0.15, 0.2) is 0 Å². The Morgan fingerprint density at radius 2 is 2.05 bits per heavy atom. The average Bonchev–Trinajstić information content (AvgIpc) is 3.28. The number of nitrogens with one attached hydrogen (secondary N) is 1. The highest BCUT2D eigenvalue weighted by Crippen LogP contribution is 2.38. The first kappa shape index (κ1) is 29.2. The van der Waals surface area contributed by atoms with Gasteiger partial charge >= 0.3 is 6.18 Å². The molecule has 5 heterocycles. The molecule has 15 heteroatoms. The lowest BCUT2D eigenvalue weighted by Gasteiger charge is -2.30. The molecule has 10 nitrogen and oxygen atoms in total. The van der Waals surface area contributed by atoms with Crippen LogP contribution < -0.4 is 16.0 Å². The van der Waals surface area contributed by atoms with Crippen LogP contribution in [0.15, 0.2) is 36.5 Å². The fraction of sp³-hybridized carbons (Fsp3) is 0.357. The number of hydrazine groups is 1. The fourth-order valence-electron chi connectivity index (χ4n) is 5.16. The fourth-order valence-corrected chi connectivity index (χ4v) is 5.32. The third kappa shape index (κ3) is 6.13. The Kier molecular flexibility index (Phi) is 7.94. The van der Waals surface area contributed by atoms with Gasteiger partial charge in [0.2, 0.25) is 5.88 Å². The van der Waals surface area contributed by atoms with E-state index in [-0.39, 0.29) is 28.9 Å². The van der Waals surface area contributed by atoms with Gasteiger partial charge in [-0.1, -0.05) is 17.7 Å². The van der Waals surface area contributed by atoms with Crippen molar-refractivity contribution in [1.29, 1.82) is 0 Å². The molecule has 0 bridgehead atoms. The van der Waals surface area contributed by atoms with Crippen molar-refractivity contribution in [2.75, 3.05) is 13.2 Å². The minimum atomic E-state index is -4.71. The lowest BCUT2D eigenvalue weighted by atomic mass is 10.0. The number of carbonyl (C=O) groups excluding carboxylic acids is 1. The Hall–Kier alpha value is -3.85. The zero-order chi connectivity index (χ0) is 30.3. The number of hydrogen-bond donors (Lipinski definition) is 2. The van der Waals surface area contributed by atoms with Crippen LogP contribution in [0.1, 0.15) is 45.1 Å². The van der Waals surface area contributed by atoms with E-state index >= 15 is 0 Å². The maximum absolute atomic E-state index is 14.3. The quantitative estimate of drug-likeness (QED) is 0.131. The summed E-state index contributed by atoms with van der Waals surface area (Å²) in [5.74, 6) is 4.08. The number of nitrogen functional groups attached to an aromatic ring is 1. The number of aromatic nitrogens is 4. The number of halogens is 5. The first-order valence-electron chi connectivity index (χ1n) is 13.5. The third-order valence-electron chi connectivity index (χ3n) is 7.53. The van der Waals surface area contributed by atoms with Crippen LogP contribution >= 0.6 is 11.6 Å². The van der Waals surface area contributed by atoms with Crippen molar-refractivity contribution >= 4 is 28.5 Å². The largest absolute Gasteiger partial charge is 0.472 e. The number of rotatable bonds is 8. The van der Waals surface area contributed by atoms with E-state index < -0.39 is 36.0 Å². The number of pyridine rings is 2. The van der Waals surface area contributed by atoms with Crippen molar-refractivity contribution in [2.45, 2.75) is 51.4 Å². The maximum Gasteiger partial charge on any atom is 0.421 e. The van der Waals surface area contributed by atoms with Gasteiger partial charge in [0, 0.05) is 30.3 Å². The summed E-state index contributed by atoms with van der Waals surface area (Å²) < 4.78 is 69.2. The second-order valence-corrected chi connectivity index (χ2v) is 10.8. The third-order valence-corrected chi connectivity index (χ3v) is 7.77. The summed E-state index contributed by atoms with van der Waals surface area (Å²) in [5, 5.41) is 0.163. The molecule has 6 rings (SSSR count). The summed E-state index contributed by atoms with van der Waals surface area (Å²) in [6, 6.07) is 6.47. The van der Waals surface area contributed by atoms with E-state index in [4.69, 9.17) is 31.9 Å². The SMILES string of the molecule is NNC(=O)c1cc2nc(CN3CCc4cc(C(F)(F)F)c(OCc5ccc(Cl)cc5F)nc4C3)n(C[C@@H]3CCO3)c2cn1. The molecule has 0 radical (unpaired) electrons. The van der Waals surface area contributed by atoms with Crippen LogP contribution in [0.25, 0.3) is 11.0 Å². The van der Waals surface area contributed by atoms with E-state index in [2.05, 4.69) is 15.4 Å². The van der Waals surface area contributed by atoms with Gasteiger partial charge in [-0.2, -0.15) is 13.2 Å². The molecule has 1 aromatic carbocycles. The Balaban J connectivity index is 1.27. The number of carbonyl (C=O) groups is 1. The Labute approximate surface area is 247 Å². The van der Waals surface area contributed by atoms with Crippen LogP contribution in [0.2, 0.25) is 5.02 Å². The Morgan fingerprint density at radius 3 is 2.74 bits per heavy atom. The summed E-state index contributed by atoms with van der Waals surface area (Å²) in [6.07, 6.45) is -1.92. The molecule has 3 N–H and O–H groups in total. The molecule has 4 aromatic rings. The first-order valence-corrected chi connectivity index (χ1v) is 13.8. The topological polar surface area (TPSA) is 120 Å². The summed E-state index contributed by atoms with van der Waals surface area (Å²) in [7, 11) is 0. The molecule has 226 valence electrons. The van der Waals surface area contributed by atoms with Crippen molar-refractivity contribution in [2.24, 2.45) is 5.84 Å². The van der Waals surface area contributed by atoms with Crippen molar-refractivity contribution in [3.05, 3.63) is 81.3 Å². The molecule has 2 aliphatic rings. The number of imidazole rings is 1. The van der Waals surface area contributed by atoms with Crippen LogP contribution in [0.3, 0.4) is 0 Å². The van der Waals surface area contributed by atoms with E-state index in [1.165, 1.54) is 12.1 Å². The maximum atomic E-state index is 14.3. The Bertz CT molecular complexity index is 1690. The second kappa shape index (κ2) is 11.7. The number of hydrogen-bond acceptors (Lipinski definition) is 8. The normalized spacial score (nSPS) is 17.0. The van der Waals surface area contributed by atoms with Crippen LogP contribution in [0.4, 0.5) is 17.6 Å². The number of amides is 1. The van der Waals surface area contributed by atoms with Crippen LogP contribution in [-0.2, 0) is 43.6 Å². The van der Waals surface area contributed by atoms with Gasteiger partial charge in [0.05, 0.1) is 42.1 Å². The van der Waals surface area contributed by atoms with Crippen LogP contribution in [0, 0.1) is 5.82 Å². The number of fused-ring (bicyclic) bond motifs is 2. The molecular weight excluding hydrogens is 594 g/mol. The summed E-state index contributed by atoms with van der Waals surface area (Å²) in [6.45, 7) is 1.81. The van der Waals surface area contributed by atoms with Crippen molar-refractivity contribution in [3.8, 4) is 5.88 Å².